The third-order valence-corrected chi connectivity index (χ3v) is 6.74. The minimum absolute atomic E-state index is 0.0172. The van der Waals surface area contributed by atoms with Crippen molar-refractivity contribution in [1.82, 2.24) is 20.5 Å². The number of nitrogens with zero attached hydrogens (tertiary/aromatic N) is 2. The van der Waals surface area contributed by atoms with Crippen molar-refractivity contribution in [3.63, 3.8) is 0 Å². The Labute approximate surface area is 210 Å². The molecule has 7 nitrogen and oxygen atoms in total. The predicted molar refractivity (Wildman–Crippen MR) is 144 cm³/mol. The molecule has 1 aromatic heterocycles. The number of carbonyl (C=O) groups excluding carboxylic acids is 2. The van der Waals surface area contributed by atoms with Gasteiger partial charge in [-0.2, -0.15) is 0 Å². The molecular formula is C29H31N5O2. The quantitative estimate of drug-likeness (QED) is 0.372. The fourth-order valence-corrected chi connectivity index (χ4v) is 4.81. The number of urea groups is 1. The first-order valence-electron chi connectivity index (χ1n) is 12.5. The summed E-state index contributed by atoms with van der Waals surface area (Å²) < 4.78 is 0. The van der Waals surface area contributed by atoms with Crippen LogP contribution in [0.2, 0.25) is 0 Å². The molecule has 0 atom stereocenters. The second-order valence-electron chi connectivity index (χ2n) is 9.36. The standard InChI is InChI=1S/C29H31N5O2/c1-20-18-27(25-8-4-5-9-26(25)31-20)33-29(36)30-14-17-34-15-12-24(13-16-34)32-28(35)23-11-10-21-6-2-3-7-22(21)19-23/h2-11,18-19,24H,12-17H2,1H3,(H,32,35)(H2,30,31,33,36). The van der Waals surface area contributed by atoms with Crippen molar-refractivity contribution >= 4 is 39.3 Å². The van der Waals surface area contributed by atoms with Crippen LogP contribution in [-0.2, 0) is 0 Å². The number of aryl methyl sites for hydroxylation is 1. The molecule has 3 aromatic carbocycles. The molecule has 1 aliphatic heterocycles. The SMILES string of the molecule is Cc1cc(NC(=O)NCCN2CCC(NC(=O)c3ccc4ccccc4c3)CC2)c2ccccc2n1. The molecule has 36 heavy (non-hydrogen) atoms. The topological polar surface area (TPSA) is 86.4 Å². The lowest BCUT2D eigenvalue weighted by atomic mass is 10.0. The number of rotatable bonds is 6. The van der Waals surface area contributed by atoms with Gasteiger partial charge in [-0.15, -0.1) is 0 Å². The van der Waals surface area contributed by atoms with Gasteiger partial charge < -0.3 is 20.9 Å². The molecule has 2 heterocycles. The fourth-order valence-electron chi connectivity index (χ4n) is 4.81. The van der Waals surface area contributed by atoms with Gasteiger partial charge in [-0.1, -0.05) is 48.5 Å². The second kappa shape index (κ2) is 10.7. The van der Waals surface area contributed by atoms with Gasteiger partial charge in [0, 0.05) is 48.9 Å². The van der Waals surface area contributed by atoms with Crippen LogP contribution in [0.15, 0.2) is 72.8 Å². The first kappa shape index (κ1) is 23.8. The maximum Gasteiger partial charge on any atom is 0.319 e. The van der Waals surface area contributed by atoms with E-state index < -0.39 is 0 Å². The number of fused-ring (bicyclic) bond motifs is 2. The van der Waals surface area contributed by atoms with Crippen LogP contribution in [0, 0.1) is 6.92 Å². The highest BCUT2D eigenvalue weighted by Gasteiger charge is 2.21. The van der Waals surface area contributed by atoms with Crippen molar-refractivity contribution in [3.05, 3.63) is 84.1 Å². The van der Waals surface area contributed by atoms with Crippen LogP contribution in [-0.4, -0.2) is 54.0 Å². The number of aromatic nitrogens is 1. The van der Waals surface area contributed by atoms with Gasteiger partial charge in [-0.05, 0) is 54.8 Å². The van der Waals surface area contributed by atoms with Gasteiger partial charge in [0.15, 0.2) is 0 Å². The summed E-state index contributed by atoms with van der Waals surface area (Å²) in [4.78, 5) is 32.1. The molecule has 0 spiro atoms. The lowest BCUT2D eigenvalue weighted by Crippen LogP contribution is -2.46. The highest BCUT2D eigenvalue weighted by Crippen LogP contribution is 2.23. The minimum Gasteiger partial charge on any atom is -0.349 e. The number of anilines is 1. The molecule has 3 N–H and O–H groups in total. The summed E-state index contributed by atoms with van der Waals surface area (Å²) >= 11 is 0. The molecular weight excluding hydrogens is 450 g/mol. The first-order valence-corrected chi connectivity index (χ1v) is 12.5. The van der Waals surface area contributed by atoms with E-state index in [2.05, 4.69) is 25.8 Å². The number of para-hydroxylation sites is 1. The minimum atomic E-state index is -0.219. The predicted octanol–water partition coefficient (Wildman–Crippen LogP) is 4.71. The number of hydrogen-bond donors (Lipinski definition) is 3. The van der Waals surface area contributed by atoms with Gasteiger partial charge in [-0.25, -0.2) is 4.79 Å². The summed E-state index contributed by atoms with van der Waals surface area (Å²) in [5, 5.41) is 12.2. The molecule has 0 unspecified atom stereocenters. The van der Waals surface area contributed by atoms with E-state index in [1.165, 1.54) is 0 Å². The molecule has 1 fully saturated rings. The number of carbonyl (C=O) groups is 2. The zero-order chi connectivity index (χ0) is 24.9. The summed E-state index contributed by atoms with van der Waals surface area (Å²) in [6.45, 7) is 5.03. The number of likely N-dealkylation sites (tertiary alicyclic amines) is 1. The average Bonchev–Trinajstić information content (AvgIpc) is 2.89. The highest BCUT2D eigenvalue weighted by atomic mass is 16.2. The zero-order valence-electron chi connectivity index (χ0n) is 20.5. The van der Waals surface area contributed by atoms with Crippen LogP contribution in [0.1, 0.15) is 28.9 Å². The number of benzene rings is 3. The monoisotopic (exact) mass is 481 g/mol. The highest BCUT2D eigenvalue weighted by molar-refractivity contribution is 6.00. The van der Waals surface area contributed by atoms with Gasteiger partial charge in [0.2, 0.25) is 0 Å². The van der Waals surface area contributed by atoms with E-state index in [-0.39, 0.29) is 18.0 Å². The third kappa shape index (κ3) is 5.63. The Kier molecular flexibility index (Phi) is 7.09. The van der Waals surface area contributed by atoms with Crippen molar-refractivity contribution in [3.8, 4) is 0 Å². The number of hydrogen-bond acceptors (Lipinski definition) is 4. The number of nitrogens with one attached hydrogen (secondary N) is 3. The van der Waals surface area contributed by atoms with Crippen molar-refractivity contribution in [2.24, 2.45) is 0 Å². The molecule has 0 saturated carbocycles. The Morgan fingerprint density at radius 1 is 0.944 bits per heavy atom. The summed E-state index contributed by atoms with van der Waals surface area (Å²) in [7, 11) is 0. The Hall–Kier alpha value is -3.97. The van der Waals surface area contributed by atoms with Crippen LogP contribution in [0.25, 0.3) is 21.7 Å². The van der Waals surface area contributed by atoms with Gasteiger partial charge >= 0.3 is 6.03 Å². The second-order valence-corrected chi connectivity index (χ2v) is 9.36. The molecule has 5 rings (SSSR count). The van der Waals surface area contributed by atoms with Gasteiger partial charge in [0.1, 0.15) is 0 Å². The Morgan fingerprint density at radius 2 is 1.69 bits per heavy atom. The van der Waals surface area contributed by atoms with Crippen molar-refractivity contribution in [2.45, 2.75) is 25.8 Å². The van der Waals surface area contributed by atoms with E-state index >= 15 is 0 Å². The van der Waals surface area contributed by atoms with E-state index in [0.29, 0.717) is 12.1 Å². The van der Waals surface area contributed by atoms with Crippen molar-refractivity contribution in [2.75, 3.05) is 31.5 Å². The maximum absolute atomic E-state index is 12.8. The molecule has 1 aliphatic rings. The molecule has 0 bridgehead atoms. The lowest BCUT2D eigenvalue weighted by Gasteiger charge is -2.32. The molecule has 0 aliphatic carbocycles. The van der Waals surface area contributed by atoms with E-state index in [1.807, 2.05) is 79.7 Å². The van der Waals surface area contributed by atoms with E-state index in [9.17, 15) is 9.59 Å². The van der Waals surface area contributed by atoms with E-state index in [0.717, 1.165) is 65.5 Å². The largest absolute Gasteiger partial charge is 0.349 e. The zero-order valence-corrected chi connectivity index (χ0v) is 20.5. The van der Waals surface area contributed by atoms with Gasteiger partial charge in [-0.3, -0.25) is 9.78 Å². The Bertz CT molecular complexity index is 1400. The smallest absolute Gasteiger partial charge is 0.319 e. The van der Waals surface area contributed by atoms with Gasteiger partial charge in [0.05, 0.1) is 11.2 Å². The average molecular weight is 482 g/mol. The van der Waals surface area contributed by atoms with E-state index in [1.54, 1.807) is 0 Å². The lowest BCUT2D eigenvalue weighted by molar-refractivity contribution is 0.0911. The summed E-state index contributed by atoms with van der Waals surface area (Å²) in [6.07, 6.45) is 1.79. The Balaban J connectivity index is 1.05. The number of pyridine rings is 1. The van der Waals surface area contributed by atoms with Crippen molar-refractivity contribution < 1.29 is 9.59 Å². The van der Waals surface area contributed by atoms with Crippen LogP contribution >= 0.6 is 0 Å². The molecule has 184 valence electrons. The molecule has 1 saturated heterocycles. The molecule has 0 radical (unpaired) electrons. The van der Waals surface area contributed by atoms with Crippen LogP contribution < -0.4 is 16.0 Å². The van der Waals surface area contributed by atoms with Gasteiger partial charge in [0.25, 0.3) is 5.91 Å². The maximum atomic E-state index is 12.8. The summed E-state index contributed by atoms with van der Waals surface area (Å²) in [6, 6.07) is 23.5. The summed E-state index contributed by atoms with van der Waals surface area (Å²) in [5.41, 5.74) is 3.19. The van der Waals surface area contributed by atoms with Crippen molar-refractivity contribution in [1.29, 1.82) is 0 Å². The molecule has 4 aromatic rings. The fraction of sp³-hybridized carbons (Fsp3) is 0.276. The molecule has 3 amide bonds. The normalized spacial score (nSPS) is 14.6. The van der Waals surface area contributed by atoms with E-state index in [4.69, 9.17) is 0 Å². The number of amides is 3. The first-order chi connectivity index (χ1) is 17.5. The molecule has 7 heteroatoms. The summed E-state index contributed by atoms with van der Waals surface area (Å²) in [5.74, 6) is -0.0172. The number of piperidine rings is 1. The Morgan fingerprint density at radius 3 is 2.53 bits per heavy atom. The van der Waals surface area contributed by atoms with Crippen LogP contribution in [0.3, 0.4) is 0 Å². The third-order valence-electron chi connectivity index (χ3n) is 6.74. The van der Waals surface area contributed by atoms with Crippen LogP contribution in [0.5, 0.6) is 0 Å². The van der Waals surface area contributed by atoms with Crippen LogP contribution in [0.4, 0.5) is 10.5 Å².